The van der Waals surface area contributed by atoms with Crippen molar-refractivity contribution in [3.63, 3.8) is 0 Å². The predicted octanol–water partition coefficient (Wildman–Crippen LogP) is 3.53. The SMILES string of the molecule is CN=C(NCCc1ccccn1)NCc1cccc(COC(C)C)c1.I. The van der Waals surface area contributed by atoms with Crippen molar-refractivity contribution in [3.05, 3.63) is 65.5 Å². The van der Waals surface area contributed by atoms with Crippen molar-refractivity contribution in [1.29, 1.82) is 0 Å². The van der Waals surface area contributed by atoms with Crippen LogP contribution in [0.2, 0.25) is 0 Å². The summed E-state index contributed by atoms with van der Waals surface area (Å²) >= 11 is 0. The first-order valence-electron chi connectivity index (χ1n) is 8.71. The third kappa shape index (κ3) is 8.62. The minimum atomic E-state index is 0. The zero-order valence-electron chi connectivity index (χ0n) is 15.7. The molecule has 0 aliphatic heterocycles. The first-order valence-corrected chi connectivity index (χ1v) is 8.71. The molecule has 0 spiro atoms. The number of guanidine groups is 1. The molecule has 142 valence electrons. The summed E-state index contributed by atoms with van der Waals surface area (Å²) in [4.78, 5) is 8.59. The molecule has 6 heteroatoms. The van der Waals surface area contributed by atoms with Crippen LogP contribution in [0.25, 0.3) is 0 Å². The van der Waals surface area contributed by atoms with Gasteiger partial charge in [0.25, 0.3) is 0 Å². The van der Waals surface area contributed by atoms with Crippen molar-refractivity contribution in [2.45, 2.75) is 39.5 Å². The van der Waals surface area contributed by atoms with Gasteiger partial charge in [-0.15, -0.1) is 24.0 Å². The Bertz CT molecular complexity index is 662. The average Bonchev–Trinajstić information content (AvgIpc) is 2.64. The standard InChI is InChI=1S/C20H28N4O.HI/c1-16(2)25-15-18-8-6-7-17(13-18)14-24-20(21-3)23-12-10-19-9-4-5-11-22-19;/h4-9,11,13,16H,10,12,14-15H2,1-3H3,(H2,21,23,24);1H. The predicted molar refractivity (Wildman–Crippen MR) is 118 cm³/mol. The van der Waals surface area contributed by atoms with E-state index in [-0.39, 0.29) is 30.1 Å². The summed E-state index contributed by atoms with van der Waals surface area (Å²) in [6.45, 7) is 6.25. The molecule has 0 saturated heterocycles. The number of hydrogen-bond acceptors (Lipinski definition) is 3. The first-order chi connectivity index (χ1) is 12.2. The lowest BCUT2D eigenvalue weighted by Gasteiger charge is -2.13. The number of benzene rings is 1. The van der Waals surface area contributed by atoms with Gasteiger partial charge in [-0.3, -0.25) is 9.98 Å². The van der Waals surface area contributed by atoms with Gasteiger partial charge >= 0.3 is 0 Å². The van der Waals surface area contributed by atoms with Crippen LogP contribution in [0.1, 0.15) is 30.7 Å². The van der Waals surface area contributed by atoms with E-state index in [0.717, 1.165) is 31.2 Å². The highest BCUT2D eigenvalue weighted by Gasteiger charge is 2.01. The van der Waals surface area contributed by atoms with Gasteiger partial charge in [-0.1, -0.05) is 30.3 Å². The molecule has 0 aliphatic carbocycles. The zero-order chi connectivity index (χ0) is 17.9. The van der Waals surface area contributed by atoms with E-state index in [2.05, 4.69) is 44.9 Å². The topological polar surface area (TPSA) is 58.5 Å². The highest BCUT2D eigenvalue weighted by atomic mass is 127. The van der Waals surface area contributed by atoms with E-state index >= 15 is 0 Å². The Kier molecular flexibility index (Phi) is 10.9. The van der Waals surface area contributed by atoms with Crippen molar-refractivity contribution < 1.29 is 4.74 Å². The minimum absolute atomic E-state index is 0. The Morgan fingerprint density at radius 1 is 1.12 bits per heavy atom. The zero-order valence-corrected chi connectivity index (χ0v) is 18.1. The Labute approximate surface area is 173 Å². The molecule has 0 atom stereocenters. The second-order valence-electron chi connectivity index (χ2n) is 6.10. The molecule has 0 radical (unpaired) electrons. The molecule has 2 rings (SSSR count). The molecule has 5 nitrogen and oxygen atoms in total. The summed E-state index contributed by atoms with van der Waals surface area (Å²) in [7, 11) is 1.78. The molecule has 0 unspecified atom stereocenters. The third-order valence-corrected chi connectivity index (χ3v) is 3.66. The lowest BCUT2D eigenvalue weighted by atomic mass is 10.1. The molecule has 0 saturated carbocycles. The normalized spacial score (nSPS) is 11.2. The second-order valence-corrected chi connectivity index (χ2v) is 6.10. The highest BCUT2D eigenvalue weighted by Crippen LogP contribution is 2.08. The summed E-state index contributed by atoms with van der Waals surface area (Å²) in [6, 6.07) is 14.4. The van der Waals surface area contributed by atoms with Gasteiger partial charge in [0.05, 0.1) is 12.7 Å². The number of hydrogen-bond donors (Lipinski definition) is 2. The van der Waals surface area contributed by atoms with E-state index in [0.29, 0.717) is 6.61 Å². The molecule has 0 fully saturated rings. The molecule has 0 bridgehead atoms. The van der Waals surface area contributed by atoms with Crippen LogP contribution in [0.5, 0.6) is 0 Å². The number of aromatic nitrogens is 1. The molecular weight excluding hydrogens is 439 g/mol. The van der Waals surface area contributed by atoms with Gasteiger partial charge in [-0.25, -0.2) is 0 Å². The van der Waals surface area contributed by atoms with Crippen LogP contribution in [-0.2, 0) is 24.3 Å². The van der Waals surface area contributed by atoms with Gasteiger partial charge in [-0.2, -0.15) is 0 Å². The van der Waals surface area contributed by atoms with Gasteiger partial charge < -0.3 is 15.4 Å². The summed E-state index contributed by atoms with van der Waals surface area (Å²) in [6.07, 6.45) is 2.92. The Hall–Kier alpha value is -1.67. The van der Waals surface area contributed by atoms with Crippen molar-refractivity contribution >= 4 is 29.9 Å². The second kappa shape index (κ2) is 12.6. The minimum Gasteiger partial charge on any atom is -0.374 e. The molecule has 0 aliphatic rings. The van der Waals surface area contributed by atoms with Crippen molar-refractivity contribution in [2.75, 3.05) is 13.6 Å². The lowest BCUT2D eigenvalue weighted by molar-refractivity contribution is 0.0657. The largest absolute Gasteiger partial charge is 0.374 e. The van der Waals surface area contributed by atoms with Crippen LogP contribution in [0.4, 0.5) is 0 Å². The Morgan fingerprint density at radius 3 is 2.62 bits per heavy atom. The van der Waals surface area contributed by atoms with E-state index < -0.39 is 0 Å². The molecule has 0 amide bonds. The van der Waals surface area contributed by atoms with E-state index in [9.17, 15) is 0 Å². The van der Waals surface area contributed by atoms with E-state index in [1.54, 1.807) is 7.05 Å². The van der Waals surface area contributed by atoms with Crippen LogP contribution in [0.15, 0.2) is 53.7 Å². The summed E-state index contributed by atoms with van der Waals surface area (Å²) in [5.74, 6) is 0.791. The van der Waals surface area contributed by atoms with Gasteiger partial charge in [-0.05, 0) is 37.1 Å². The lowest BCUT2D eigenvalue weighted by Crippen LogP contribution is -2.37. The van der Waals surface area contributed by atoms with Gasteiger partial charge in [0.1, 0.15) is 0 Å². The molecule has 1 aromatic heterocycles. The van der Waals surface area contributed by atoms with Crippen LogP contribution < -0.4 is 10.6 Å². The molecule has 1 aromatic carbocycles. The summed E-state index contributed by atoms with van der Waals surface area (Å²) in [5, 5.41) is 6.66. The number of nitrogens with one attached hydrogen (secondary N) is 2. The maximum Gasteiger partial charge on any atom is 0.191 e. The number of aliphatic imine (C=N–C) groups is 1. The highest BCUT2D eigenvalue weighted by molar-refractivity contribution is 14.0. The molecule has 1 heterocycles. The first kappa shape index (κ1) is 22.4. The summed E-state index contributed by atoms with van der Waals surface area (Å²) < 4.78 is 5.66. The molecule has 26 heavy (non-hydrogen) atoms. The number of rotatable bonds is 8. The smallest absolute Gasteiger partial charge is 0.191 e. The fraction of sp³-hybridized carbons (Fsp3) is 0.400. The van der Waals surface area contributed by atoms with Crippen LogP contribution in [0, 0.1) is 0 Å². The quantitative estimate of drug-likeness (QED) is 0.354. The molecular formula is C20H29IN4O. The van der Waals surface area contributed by atoms with E-state index in [1.165, 1.54) is 11.1 Å². The van der Waals surface area contributed by atoms with Crippen LogP contribution >= 0.6 is 24.0 Å². The monoisotopic (exact) mass is 468 g/mol. The average molecular weight is 468 g/mol. The number of nitrogens with zero attached hydrogens (tertiary/aromatic N) is 2. The van der Waals surface area contributed by atoms with Gasteiger partial charge in [0.2, 0.25) is 0 Å². The fourth-order valence-electron chi connectivity index (χ4n) is 2.35. The maximum absolute atomic E-state index is 5.66. The molecule has 2 N–H and O–H groups in total. The van der Waals surface area contributed by atoms with Crippen LogP contribution in [-0.4, -0.2) is 30.6 Å². The van der Waals surface area contributed by atoms with E-state index in [1.807, 2.05) is 38.2 Å². The van der Waals surface area contributed by atoms with Crippen molar-refractivity contribution in [3.8, 4) is 0 Å². The Balaban J connectivity index is 0.00000338. The van der Waals surface area contributed by atoms with Crippen molar-refractivity contribution in [2.24, 2.45) is 4.99 Å². The fourth-order valence-corrected chi connectivity index (χ4v) is 2.35. The van der Waals surface area contributed by atoms with Gasteiger partial charge in [0.15, 0.2) is 5.96 Å². The van der Waals surface area contributed by atoms with E-state index in [4.69, 9.17) is 4.74 Å². The van der Waals surface area contributed by atoms with Crippen LogP contribution in [0.3, 0.4) is 0 Å². The summed E-state index contributed by atoms with van der Waals surface area (Å²) in [5.41, 5.74) is 3.46. The number of pyridine rings is 1. The number of halogens is 1. The van der Waals surface area contributed by atoms with Crippen molar-refractivity contribution in [1.82, 2.24) is 15.6 Å². The van der Waals surface area contributed by atoms with Gasteiger partial charge in [0, 0.05) is 38.4 Å². The third-order valence-electron chi connectivity index (χ3n) is 3.66. The maximum atomic E-state index is 5.66. The molecule has 2 aromatic rings. The number of ether oxygens (including phenoxy) is 1. The Morgan fingerprint density at radius 2 is 1.92 bits per heavy atom.